The number of anilines is 1. The molecular weight excluding hydrogens is 242 g/mol. The van der Waals surface area contributed by atoms with Gasteiger partial charge in [0.2, 0.25) is 0 Å². The average molecular weight is 256 g/mol. The van der Waals surface area contributed by atoms with Crippen molar-refractivity contribution in [1.82, 2.24) is 9.78 Å². The molecule has 1 aromatic carbocycles. The molecule has 1 aromatic heterocycles. The number of fused-ring (bicyclic) bond motifs is 1. The minimum atomic E-state index is -0.159. The fraction of sp³-hybridized carbons (Fsp3) is 0.273. The van der Waals surface area contributed by atoms with Crippen molar-refractivity contribution in [3.63, 3.8) is 0 Å². The van der Waals surface area contributed by atoms with Crippen LogP contribution in [0.4, 0.5) is 5.82 Å². The first-order valence-corrected chi connectivity index (χ1v) is 7.03. The molecule has 2 aromatic rings. The van der Waals surface area contributed by atoms with Crippen LogP contribution >= 0.6 is 22.3 Å². The second-order valence-corrected chi connectivity index (χ2v) is 5.68. The SMILES string of the molecule is C=S(C)Nc1nn(C)c2c(C)ccc(Cl)c12. The van der Waals surface area contributed by atoms with Gasteiger partial charge in [-0.1, -0.05) is 23.5 Å². The fourth-order valence-corrected chi connectivity index (χ4v) is 2.51. The first kappa shape index (κ1) is 11.5. The number of benzene rings is 1. The maximum atomic E-state index is 6.22. The molecule has 0 fully saturated rings. The van der Waals surface area contributed by atoms with Crippen molar-refractivity contribution in [2.24, 2.45) is 7.05 Å². The highest BCUT2D eigenvalue weighted by atomic mass is 35.5. The van der Waals surface area contributed by atoms with Crippen LogP contribution in [0.1, 0.15) is 5.56 Å². The standard InChI is InChI=1S/C11H14ClN3S/c1-7-5-6-8(12)9-10(7)15(2)13-11(9)14-16(3)4/h5-6H,3H2,1-2,4H3,(H,13,14). The van der Waals surface area contributed by atoms with Gasteiger partial charge in [0.1, 0.15) is 0 Å². The van der Waals surface area contributed by atoms with E-state index in [1.807, 2.05) is 30.1 Å². The van der Waals surface area contributed by atoms with Crippen molar-refractivity contribution in [3.8, 4) is 0 Å². The zero-order valence-corrected chi connectivity index (χ0v) is 11.1. The van der Waals surface area contributed by atoms with Crippen molar-refractivity contribution in [1.29, 1.82) is 0 Å². The van der Waals surface area contributed by atoms with Crippen LogP contribution < -0.4 is 4.72 Å². The Balaban J connectivity index is 2.77. The van der Waals surface area contributed by atoms with E-state index in [1.54, 1.807) is 0 Å². The quantitative estimate of drug-likeness (QED) is 0.836. The summed E-state index contributed by atoms with van der Waals surface area (Å²) in [6, 6.07) is 3.91. The van der Waals surface area contributed by atoms with E-state index in [0.29, 0.717) is 0 Å². The summed E-state index contributed by atoms with van der Waals surface area (Å²) in [6.45, 7) is 2.06. The third-order valence-electron chi connectivity index (χ3n) is 2.41. The summed E-state index contributed by atoms with van der Waals surface area (Å²) >= 11 is 6.22. The number of nitrogens with one attached hydrogen (secondary N) is 1. The van der Waals surface area contributed by atoms with Gasteiger partial charge in [-0.25, -0.2) is 0 Å². The normalized spacial score (nSPS) is 13.0. The van der Waals surface area contributed by atoms with E-state index < -0.39 is 0 Å². The Morgan fingerprint density at radius 3 is 2.81 bits per heavy atom. The van der Waals surface area contributed by atoms with Crippen molar-refractivity contribution in [3.05, 3.63) is 22.7 Å². The number of aryl methyl sites for hydroxylation is 2. The molecular formula is C11H14ClN3S. The predicted molar refractivity (Wildman–Crippen MR) is 74.7 cm³/mol. The topological polar surface area (TPSA) is 29.9 Å². The van der Waals surface area contributed by atoms with Crippen molar-refractivity contribution in [2.45, 2.75) is 6.92 Å². The lowest BCUT2D eigenvalue weighted by molar-refractivity contribution is 0.800. The monoisotopic (exact) mass is 255 g/mol. The summed E-state index contributed by atoms with van der Waals surface area (Å²) < 4.78 is 5.09. The van der Waals surface area contributed by atoms with E-state index in [4.69, 9.17) is 11.6 Å². The van der Waals surface area contributed by atoms with E-state index in [9.17, 15) is 0 Å². The van der Waals surface area contributed by atoms with E-state index >= 15 is 0 Å². The van der Waals surface area contributed by atoms with Crippen LogP contribution in [0.5, 0.6) is 0 Å². The smallest absolute Gasteiger partial charge is 0.166 e. The maximum Gasteiger partial charge on any atom is 0.166 e. The molecule has 0 aliphatic heterocycles. The largest absolute Gasteiger partial charge is 0.319 e. The van der Waals surface area contributed by atoms with Crippen LogP contribution in [-0.4, -0.2) is 21.9 Å². The van der Waals surface area contributed by atoms with Gasteiger partial charge < -0.3 is 4.72 Å². The molecule has 1 heterocycles. The summed E-state index contributed by atoms with van der Waals surface area (Å²) in [4.78, 5) is 0. The lowest BCUT2D eigenvalue weighted by atomic mass is 10.1. The highest BCUT2D eigenvalue weighted by Crippen LogP contribution is 2.33. The highest BCUT2D eigenvalue weighted by Gasteiger charge is 2.13. The van der Waals surface area contributed by atoms with Gasteiger partial charge in [0.05, 0.1) is 15.9 Å². The molecule has 0 saturated carbocycles. The Morgan fingerprint density at radius 1 is 1.50 bits per heavy atom. The minimum absolute atomic E-state index is 0.159. The van der Waals surface area contributed by atoms with Gasteiger partial charge in [-0.15, -0.1) is 10.7 Å². The van der Waals surface area contributed by atoms with Crippen LogP contribution in [0.25, 0.3) is 10.9 Å². The fourth-order valence-electron chi connectivity index (χ4n) is 1.80. The van der Waals surface area contributed by atoms with Crippen molar-refractivity contribution >= 4 is 44.9 Å². The van der Waals surface area contributed by atoms with E-state index in [1.165, 1.54) is 5.56 Å². The van der Waals surface area contributed by atoms with Crippen LogP contribution in [0.15, 0.2) is 12.1 Å². The summed E-state index contributed by atoms with van der Waals surface area (Å²) in [7, 11) is 1.77. The molecule has 0 radical (unpaired) electrons. The Labute approximate surface area is 102 Å². The number of nitrogens with zero attached hydrogens (tertiary/aromatic N) is 2. The lowest BCUT2D eigenvalue weighted by Crippen LogP contribution is -1.93. The van der Waals surface area contributed by atoms with Crippen LogP contribution in [0.2, 0.25) is 5.02 Å². The summed E-state index contributed by atoms with van der Waals surface area (Å²) in [5.74, 6) is 4.74. The summed E-state index contributed by atoms with van der Waals surface area (Å²) in [6.07, 6.45) is 2.00. The number of hydrogen-bond donors (Lipinski definition) is 1. The Morgan fingerprint density at radius 2 is 2.19 bits per heavy atom. The van der Waals surface area contributed by atoms with Crippen LogP contribution in [-0.2, 0) is 7.05 Å². The Kier molecular flexibility index (Phi) is 2.95. The average Bonchev–Trinajstić information content (AvgIpc) is 2.49. The van der Waals surface area contributed by atoms with Gasteiger partial charge in [-0.3, -0.25) is 4.68 Å². The molecule has 0 aliphatic carbocycles. The Hall–Kier alpha value is -1.00. The van der Waals surface area contributed by atoms with Crippen LogP contribution in [0.3, 0.4) is 0 Å². The third-order valence-corrected chi connectivity index (χ3v) is 3.27. The van der Waals surface area contributed by atoms with Gasteiger partial charge >= 0.3 is 0 Å². The molecule has 1 N–H and O–H groups in total. The molecule has 2 rings (SSSR count). The molecule has 0 spiro atoms. The molecule has 5 heteroatoms. The maximum absolute atomic E-state index is 6.22. The molecule has 0 bridgehead atoms. The van der Waals surface area contributed by atoms with E-state index in [-0.39, 0.29) is 10.7 Å². The van der Waals surface area contributed by atoms with Crippen LogP contribution in [0, 0.1) is 6.92 Å². The van der Waals surface area contributed by atoms with Gasteiger partial charge in [0.25, 0.3) is 0 Å². The zero-order chi connectivity index (χ0) is 11.9. The molecule has 16 heavy (non-hydrogen) atoms. The summed E-state index contributed by atoms with van der Waals surface area (Å²) in [5.41, 5.74) is 2.24. The molecule has 1 atom stereocenters. The Bertz CT molecular complexity index is 574. The van der Waals surface area contributed by atoms with E-state index in [2.05, 4.69) is 22.6 Å². The number of halogens is 1. The predicted octanol–water partition coefficient (Wildman–Crippen LogP) is 3.19. The molecule has 86 valence electrons. The van der Waals surface area contributed by atoms with Crippen molar-refractivity contribution in [2.75, 3.05) is 11.0 Å². The second-order valence-electron chi connectivity index (χ2n) is 3.80. The first-order chi connectivity index (χ1) is 7.50. The molecule has 0 aliphatic rings. The number of rotatable bonds is 2. The zero-order valence-electron chi connectivity index (χ0n) is 9.54. The van der Waals surface area contributed by atoms with Gasteiger partial charge in [-0.05, 0) is 24.8 Å². The van der Waals surface area contributed by atoms with E-state index in [0.717, 1.165) is 21.7 Å². The number of aromatic nitrogens is 2. The lowest BCUT2D eigenvalue weighted by Gasteiger charge is -2.03. The third kappa shape index (κ3) is 1.83. The van der Waals surface area contributed by atoms with Gasteiger partial charge in [-0.2, -0.15) is 5.10 Å². The molecule has 0 amide bonds. The van der Waals surface area contributed by atoms with Crippen molar-refractivity contribution < 1.29 is 0 Å². The van der Waals surface area contributed by atoms with Gasteiger partial charge in [0, 0.05) is 7.05 Å². The van der Waals surface area contributed by atoms with Gasteiger partial charge in [0.15, 0.2) is 5.82 Å². The summed E-state index contributed by atoms with van der Waals surface area (Å²) in [5, 5.41) is 6.14. The highest BCUT2D eigenvalue weighted by molar-refractivity contribution is 8.14. The molecule has 1 unspecified atom stereocenters. The molecule has 0 saturated heterocycles. The number of hydrogen-bond acceptors (Lipinski definition) is 2. The minimum Gasteiger partial charge on any atom is -0.319 e. The second kappa shape index (κ2) is 4.11. The molecule has 3 nitrogen and oxygen atoms in total. The first-order valence-electron chi connectivity index (χ1n) is 4.85.